The highest BCUT2D eigenvalue weighted by atomic mass is 32.2. The quantitative estimate of drug-likeness (QED) is 0.554. The lowest BCUT2D eigenvalue weighted by molar-refractivity contribution is 0.0815. The minimum atomic E-state index is -4.26. The Morgan fingerprint density at radius 3 is 1.81 bits per heavy atom. The number of hydrogen-bond donors (Lipinski definition) is 1. The summed E-state index contributed by atoms with van der Waals surface area (Å²) in [5.74, 6) is -1.10. The number of fused-ring (bicyclic) bond motifs is 3. The van der Waals surface area contributed by atoms with Crippen molar-refractivity contribution in [3.05, 3.63) is 77.9 Å². The fourth-order valence-electron chi connectivity index (χ4n) is 3.13. The van der Waals surface area contributed by atoms with E-state index in [1.165, 1.54) is 24.3 Å². The molecule has 0 bridgehead atoms. The summed E-state index contributed by atoms with van der Waals surface area (Å²) in [5, 5.41) is 0. The van der Waals surface area contributed by atoms with Crippen LogP contribution in [0.25, 0.3) is 22.3 Å². The lowest BCUT2D eigenvalue weighted by atomic mass is 9.82. The summed E-state index contributed by atoms with van der Waals surface area (Å²) in [7, 11) is -4.26. The minimum Gasteiger partial charge on any atom is -0.285 e. The molecule has 3 aromatic carbocycles. The van der Waals surface area contributed by atoms with E-state index in [0.717, 1.165) is 5.56 Å². The molecule has 0 saturated heterocycles. The minimum absolute atomic E-state index is 0.209. The van der Waals surface area contributed by atoms with E-state index >= 15 is 0 Å². The molecule has 0 atom stereocenters. The molecule has 6 heteroatoms. The second kappa shape index (κ2) is 5.72. The number of hydrogen-bond acceptors (Lipinski definition) is 4. The van der Waals surface area contributed by atoms with E-state index in [9.17, 15) is 18.0 Å². The van der Waals surface area contributed by atoms with Crippen LogP contribution >= 0.6 is 0 Å². The van der Waals surface area contributed by atoms with E-state index in [1.54, 1.807) is 36.4 Å². The Hall–Kier alpha value is -3.09. The third-order valence-corrected chi connectivity index (χ3v) is 5.29. The van der Waals surface area contributed by atoms with Gasteiger partial charge in [-0.25, -0.2) is 0 Å². The number of rotatable bonds is 2. The molecular weight excluding hydrogens is 352 g/mol. The second-order valence-electron chi connectivity index (χ2n) is 5.96. The van der Waals surface area contributed by atoms with Gasteiger partial charge in [-0.2, -0.15) is 8.42 Å². The Balaban J connectivity index is 1.84. The van der Waals surface area contributed by atoms with Gasteiger partial charge in [-0.3, -0.25) is 14.1 Å². The van der Waals surface area contributed by atoms with Crippen molar-refractivity contribution in [2.45, 2.75) is 4.90 Å². The summed E-state index contributed by atoms with van der Waals surface area (Å²) >= 11 is 0. The normalized spacial score (nSPS) is 13.3. The molecular formula is C20H12O5S. The van der Waals surface area contributed by atoms with Gasteiger partial charge in [0.15, 0.2) is 0 Å². The van der Waals surface area contributed by atoms with Crippen LogP contribution in [0.3, 0.4) is 0 Å². The highest BCUT2D eigenvalue weighted by Crippen LogP contribution is 2.35. The van der Waals surface area contributed by atoms with Gasteiger partial charge < -0.3 is 0 Å². The molecule has 0 fully saturated rings. The Morgan fingerprint density at radius 1 is 0.615 bits per heavy atom. The van der Waals surface area contributed by atoms with E-state index in [0.29, 0.717) is 27.8 Å². The van der Waals surface area contributed by atoms with Crippen molar-refractivity contribution in [3.63, 3.8) is 0 Å². The molecule has 0 aliphatic heterocycles. The number of carbonyl (C=O) groups excluding carboxylic acids is 2. The van der Waals surface area contributed by atoms with Crippen LogP contribution in [-0.4, -0.2) is 24.5 Å². The first-order chi connectivity index (χ1) is 12.4. The summed E-state index contributed by atoms with van der Waals surface area (Å²) in [4.78, 5) is 24.6. The lowest BCUT2D eigenvalue weighted by Crippen LogP contribution is -2.21. The fraction of sp³-hybridized carbons (Fsp3) is 0. The van der Waals surface area contributed by atoms with Gasteiger partial charge in [-0.1, -0.05) is 48.5 Å². The molecule has 1 aliphatic carbocycles. The molecule has 26 heavy (non-hydrogen) atoms. The molecule has 128 valence electrons. The predicted octanol–water partition coefficient (Wildman–Crippen LogP) is 3.65. The summed E-state index contributed by atoms with van der Waals surface area (Å²) in [6.07, 6.45) is 0. The summed E-state index contributed by atoms with van der Waals surface area (Å²) in [6.45, 7) is 0. The van der Waals surface area contributed by atoms with Gasteiger partial charge in [0, 0.05) is 11.1 Å². The summed E-state index contributed by atoms with van der Waals surface area (Å²) in [6, 6.07) is 17.8. The molecule has 0 radical (unpaired) electrons. The van der Waals surface area contributed by atoms with E-state index in [1.807, 2.05) is 6.07 Å². The van der Waals surface area contributed by atoms with Crippen LogP contribution < -0.4 is 0 Å². The van der Waals surface area contributed by atoms with Crippen LogP contribution in [0.4, 0.5) is 0 Å². The molecule has 5 nitrogen and oxygen atoms in total. The fourth-order valence-corrected chi connectivity index (χ4v) is 3.61. The van der Waals surface area contributed by atoms with Gasteiger partial charge in [0.2, 0.25) is 11.6 Å². The first-order valence-corrected chi connectivity index (χ1v) is 9.21. The largest absolute Gasteiger partial charge is 0.294 e. The number of benzene rings is 3. The number of Topliss-reactive ketones (excluding diaryl/α,β-unsaturated/α-hetero) is 2. The third-order valence-electron chi connectivity index (χ3n) is 4.42. The monoisotopic (exact) mass is 364 g/mol. The Bertz CT molecular complexity index is 1180. The maximum atomic E-state index is 12.5. The molecule has 4 rings (SSSR count). The lowest BCUT2D eigenvalue weighted by Gasteiger charge is -2.18. The predicted molar refractivity (Wildman–Crippen MR) is 95.8 cm³/mol. The second-order valence-corrected chi connectivity index (χ2v) is 7.39. The van der Waals surface area contributed by atoms with Crippen molar-refractivity contribution in [1.82, 2.24) is 0 Å². The highest BCUT2D eigenvalue weighted by Gasteiger charge is 2.30. The molecule has 1 N–H and O–H groups in total. The van der Waals surface area contributed by atoms with Crippen molar-refractivity contribution in [2.24, 2.45) is 0 Å². The molecule has 1 aliphatic rings. The van der Waals surface area contributed by atoms with Crippen LogP contribution in [0.15, 0.2) is 71.6 Å². The van der Waals surface area contributed by atoms with E-state index < -0.39 is 21.7 Å². The van der Waals surface area contributed by atoms with Gasteiger partial charge in [-0.05, 0) is 40.5 Å². The van der Waals surface area contributed by atoms with Crippen LogP contribution in [-0.2, 0) is 10.1 Å². The van der Waals surface area contributed by atoms with Crippen LogP contribution in [0, 0.1) is 0 Å². The Labute approximate surface area is 149 Å². The van der Waals surface area contributed by atoms with Gasteiger partial charge in [0.25, 0.3) is 10.1 Å². The van der Waals surface area contributed by atoms with Gasteiger partial charge in [0.05, 0.1) is 4.90 Å². The first-order valence-electron chi connectivity index (χ1n) is 7.77. The summed E-state index contributed by atoms with van der Waals surface area (Å²) in [5.41, 5.74) is 3.48. The Kier molecular flexibility index (Phi) is 3.61. The maximum absolute atomic E-state index is 12.5. The average molecular weight is 364 g/mol. The standard InChI is InChI=1S/C20H12O5S/c21-19-17-4-2-1-3-15(17)16-10-7-13(11-18(16)20(19)22)12-5-8-14(9-6-12)26(23,24)25/h1-11H,(H,23,24,25). The average Bonchev–Trinajstić information content (AvgIpc) is 2.65. The van der Waals surface area contributed by atoms with E-state index in [2.05, 4.69) is 0 Å². The Morgan fingerprint density at radius 2 is 1.15 bits per heavy atom. The smallest absolute Gasteiger partial charge is 0.285 e. The molecule has 3 aromatic rings. The molecule has 0 unspecified atom stereocenters. The molecule has 0 heterocycles. The number of carbonyl (C=O) groups is 2. The van der Waals surface area contributed by atoms with Crippen molar-refractivity contribution >= 4 is 21.7 Å². The van der Waals surface area contributed by atoms with Gasteiger partial charge in [-0.15, -0.1) is 0 Å². The molecule has 0 aromatic heterocycles. The van der Waals surface area contributed by atoms with Crippen LogP contribution in [0.2, 0.25) is 0 Å². The number of ketones is 2. The SMILES string of the molecule is O=C1C(=O)c2cc(-c3ccc(S(=O)(=O)O)cc3)ccc2-c2ccccc21. The van der Waals surface area contributed by atoms with Gasteiger partial charge >= 0.3 is 0 Å². The van der Waals surface area contributed by atoms with Crippen LogP contribution in [0.5, 0.6) is 0 Å². The first kappa shape index (κ1) is 16.4. The van der Waals surface area contributed by atoms with Crippen molar-refractivity contribution < 1.29 is 22.6 Å². The zero-order valence-electron chi connectivity index (χ0n) is 13.3. The topological polar surface area (TPSA) is 88.5 Å². The molecule has 0 saturated carbocycles. The molecule has 0 spiro atoms. The zero-order valence-corrected chi connectivity index (χ0v) is 14.2. The van der Waals surface area contributed by atoms with Crippen LogP contribution in [0.1, 0.15) is 20.7 Å². The van der Waals surface area contributed by atoms with Crippen molar-refractivity contribution in [1.29, 1.82) is 0 Å². The van der Waals surface area contributed by atoms with E-state index in [-0.39, 0.29) is 4.90 Å². The zero-order chi connectivity index (χ0) is 18.5. The van der Waals surface area contributed by atoms with E-state index in [4.69, 9.17) is 4.55 Å². The van der Waals surface area contributed by atoms with Gasteiger partial charge in [0.1, 0.15) is 0 Å². The maximum Gasteiger partial charge on any atom is 0.294 e. The highest BCUT2D eigenvalue weighted by molar-refractivity contribution is 7.85. The third kappa shape index (κ3) is 2.56. The van der Waals surface area contributed by atoms with Crippen molar-refractivity contribution in [2.75, 3.05) is 0 Å². The summed E-state index contributed by atoms with van der Waals surface area (Å²) < 4.78 is 31.3. The molecule has 0 amide bonds. The van der Waals surface area contributed by atoms with Crippen molar-refractivity contribution in [3.8, 4) is 22.3 Å².